The topological polar surface area (TPSA) is 12.5 Å². The molecule has 0 saturated carbocycles. The minimum Gasteiger partial charge on any atom is -0.379 e. The molecular weight excluding hydrogens is 290 g/mol. The molecule has 0 radical (unpaired) electrons. The average Bonchev–Trinajstić information content (AvgIpc) is 2.55. The molecule has 1 fully saturated rings. The third-order valence-electron chi connectivity index (χ3n) is 4.66. The summed E-state index contributed by atoms with van der Waals surface area (Å²) in [7, 11) is 0. The maximum Gasteiger partial charge on any atom is 0.0594 e. The van der Waals surface area contributed by atoms with Crippen LogP contribution in [0.5, 0.6) is 0 Å². The number of benzene rings is 1. The van der Waals surface area contributed by atoms with E-state index in [1.54, 1.807) is 11.8 Å². The molecule has 1 aliphatic rings. The van der Waals surface area contributed by atoms with Crippen LogP contribution in [0.2, 0.25) is 0 Å². The Balaban J connectivity index is 2.22. The largest absolute Gasteiger partial charge is 0.379 e. The lowest BCUT2D eigenvalue weighted by Gasteiger charge is -2.46. The van der Waals surface area contributed by atoms with Gasteiger partial charge in [0.15, 0.2) is 0 Å². The highest BCUT2D eigenvalue weighted by molar-refractivity contribution is 7.98. The van der Waals surface area contributed by atoms with Gasteiger partial charge in [-0.2, -0.15) is 0 Å². The Morgan fingerprint density at radius 2 is 1.91 bits per heavy atom. The van der Waals surface area contributed by atoms with Crippen LogP contribution in [0.3, 0.4) is 0 Å². The highest BCUT2D eigenvalue weighted by atomic mass is 32.2. The predicted molar refractivity (Wildman–Crippen MR) is 96.8 cm³/mol. The molecule has 0 N–H and O–H groups in total. The number of ether oxygens (including phenoxy) is 1. The van der Waals surface area contributed by atoms with E-state index in [0.717, 1.165) is 45.6 Å². The number of hydrogen-bond donors (Lipinski definition) is 0. The zero-order chi connectivity index (χ0) is 16.0. The van der Waals surface area contributed by atoms with E-state index < -0.39 is 0 Å². The molecule has 1 aromatic rings. The summed E-state index contributed by atoms with van der Waals surface area (Å²) in [6.07, 6.45) is 5.42. The van der Waals surface area contributed by atoms with Gasteiger partial charge in [-0.1, -0.05) is 24.6 Å². The van der Waals surface area contributed by atoms with Crippen LogP contribution in [-0.4, -0.2) is 43.0 Å². The molecule has 0 aromatic heterocycles. The Morgan fingerprint density at radius 3 is 2.41 bits per heavy atom. The van der Waals surface area contributed by atoms with Gasteiger partial charge in [-0.3, -0.25) is 4.90 Å². The zero-order valence-corrected chi connectivity index (χ0v) is 15.0. The third kappa shape index (κ3) is 4.37. The second-order valence-electron chi connectivity index (χ2n) is 6.34. The summed E-state index contributed by atoms with van der Waals surface area (Å²) >= 11 is 1.80. The van der Waals surface area contributed by atoms with Gasteiger partial charge >= 0.3 is 0 Å². The minimum absolute atomic E-state index is 0.177. The molecule has 0 bridgehead atoms. The molecule has 1 saturated heterocycles. The maximum atomic E-state index is 5.56. The van der Waals surface area contributed by atoms with Crippen molar-refractivity contribution in [1.82, 2.24) is 4.90 Å². The Bertz CT molecular complexity index is 479. The molecule has 1 heterocycles. The van der Waals surface area contributed by atoms with Gasteiger partial charge in [0.25, 0.3) is 0 Å². The quantitative estimate of drug-likeness (QED) is 0.546. The van der Waals surface area contributed by atoms with E-state index in [1.165, 1.54) is 16.0 Å². The van der Waals surface area contributed by atoms with E-state index in [1.807, 2.05) is 0 Å². The van der Waals surface area contributed by atoms with Crippen molar-refractivity contribution in [3.8, 4) is 0 Å². The van der Waals surface area contributed by atoms with Crippen LogP contribution < -0.4 is 0 Å². The molecule has 0 spiro atoms. The molecule has 3 heteroatoms. The maximum absolute atomic E-state index is 5.56. The second-order valence-corrected chi connectivity index (χ2v) is 7.22. The molecule has 22 heavy (non-hydrogen) atoms. The Morgan fingerprint density at radius 1 is 1.27 bits per heavy atom. The highest BCUT2D eigenvalue weighted by Crippen LogP contribution is 2.32. The molecular formula is C19H29NOS. The number of rotatable bonds is 7. The summed E-state index contributed by atoms with van der Waals surface area (Å²) in [5.74, 6) is 0. The minimum atomic E-state index is 0.177. The molecule has 1 unspecified atom stereocenters. The summed E-state index contributed by atoms with van der Waals surface area (Å²) in [6.45, 7) is 12.4. The van der Waals surface area contributed by atoms with Crippen molar-refractivity contribution in [1.29, 1.82) is 0 Å². The first-order chi connectivity index (χ1) is 10.6. The van der Waals surface area contributed by atoms with Gasteiger partial charge in [0.1, 0.15) is 0 Å². The van der Waals surface area contributed by atoms with Gasteiger partial charge in [-0.25, -0.2) is 0 Å². The van der Waals surface area contributed by atoms with Gasteiger partial charge in [-0.15, -0.1) is 18.3 Å². The third-order valence-corrected chi connectivity index (χ3v) is 5.41. The molecule has 2 nitrogen and oxygen atoms in total. The summed E-state index contributed by atoms with van der Waals surface area (Å²) < 4.78 is 5.56. The Kier molecular flexibility index (Phi) is 6.54. The van der Waals surface area contributed by atoms with E-state index in [4.69, 9.17) is 4.74 Å². The molecule has 1 atom stereocenters. The lowest BCUT2D eigenvalue weighted by molar-refractivity contribution is -0.0247. The fourth-order valence-corrected chi connectivity index (χ4v) is 3.89. The molecule has 2 rings (SSSR count). The monoisotopic (exact) mass is 319 g/mol. The molecule has 0 amide bonds. The smallest absolute Gasteiger partial charge is 0.0594 e. The normalized spacial score (nSPS) is 18.9. The highest BCUT2D eigenvalue weighted by Gasteiger charge is 2.36. The lowest BCUT2D eigenvalue weighted by atomic mass is 9.81. The second kappa shape index (κ2) is 8.19. The standard InChI is InChI=1S/C19H29NOS/c1-5-19(14-16(2)3,20-10-12-21-13-11-20)15-17-6-8-18(22-4)9-7-17/h6-9H,2,5,10-15H2,1,3-4H3. The van der Waals surface area contributed by atoms with E-state index >= 15 is 0 Å². The Hall–Kier alpha value is -0.770. The molecule has 0 aliphatic carbocycles. The van der Waals surface area contributed by atoms with Crippen molar-refractivity contribution in [2.45, 2.75) is 43.5 Å². The van der Waals surface area contributed by atoms with Crippen LogP contribution >= 0.6 is 11.8 Å². The lowest BCUT2D eigenvalue weighted by Crippen LogP contribution is -2.54. The number of hydrogen-bond acceptors (Lipinski definition) is 3. The van der Waals surface area contributed by atoms with Crippen LogP contribution in [-0.2, 0) is 11.2 Å². The van der Waals surface area contributed by atoms with Crippen molar-refractivity contribution < 1.29 is 4.74 Å². The van der Waals surface area contributed by atoms with Crippen LogP contribution in [0.4, 0.5) is 0 Å². The van der Waals surface area contributed by atoms with E-state index in [9.17, 15) is 0 Å². The van der Waals surface area contributed by atoms with E-state index in [-0.39, 0.29) is 5.54 Å². The van der Waals surface area contributed by atoms with Crippen molar-refractivity contribution >= 4 is 11.8 Å². The van der Waals surface area contributed by atoms with Crippen LogP contribution in [0.25, 0.3) is 0 Å². The fraction of sp³-hybridized carbons (Fsp3) is 0.579. The number of morpholine rings is 1. The van der Waals surface area contributed by atoms with Crippen molar-refractivity contribution in [3.05, 3.63) is 42.0 Å². The SMILES string of the molecule is C=C(C)CC(CC)(Cc1ccc(SC)cc1)N1CCOCC1. The molecule has 1 aromatic carbocycles. The number of nitrogens with zero attached hydrogens (tertiary/aromatic N) is 1. The summed E-state index contributed by atoms with van der Waals surface area (Å²) in [4.78, 5) is 3.96. The van der Waals surface area contributed by atoms with Gasteiger partial charge in [0.05, 0.1) is 13.2 Å². The van der Waals surface area contributed by atoms with Gasteiger partial charge in [-0.05, 0) is 50.1 Å². The van der Waals surface area contributed by atoms with Gasteiger partial charge < -0.3 is 4.74 Å². The first-order valence-corrected chi connectivity index (χ1v) is 9.42. The summed E-state index contributed by atoms with van der Waals surface area (Å²) in [5, 5.41) is 0. The van der Waals surface area contributed by atoms with E-state index in [2.05, 4.69) is 55.8 Å². The van der Waals surface area contributed by atoms with Gasteiger partial charge in [0.2, 0.25) is 0 Å². The van der Waals surface area contributed by atoms with Crippen molar-refractivity contribution in [3.63, 3.8) is 0 Å². The molecule has 1 aliphatic heterocycles. The summed E-state index contributed by atoms with van der Waals surface area (Å²) in [6, 6.07) is 9.05. The predicted octanol–water partition coefficient (Wildman–Crippen LogP) is 4.40. The summed E-state index contributed by atoms with van der Waals surface area (Å²) in [5.41, 5.74) is 2.87. The van der Waals surface area contributed by atoms with Crippen LogP contribution in [0.1, 0.15) is 32.3 Å². The van der Waals surface area contributed by atoms with Gasteiger partial charge in [0, 0.05) is 23.5 Å². The average molecular weight is 320 g/mol. The van der Waals surface area contributed by atoms with Crippen LogP contribution in [0.15, 0.2) is 41.3 Å². The Labute approximate surface area is 139 Å². The fourth-order valence-electron chi connectivity index (χ4n) is 3.48. The van der Waals surface area contributed by atoms with Crippen LogP contribution in [0, 0.1) is 0 Å². The van der Waals surface area contributed by atoms with Crippen molar-refractivity contribution in [2.75, 3.05) is 32.6 Å². The van der Waals surface area contributed by atoms with E-state index in [0.29, 0.717) is 0 Å². The number of thioether (sulfide) groups is 1. The first-order valence-electron chi connectivity index (χ1n) is 8.20. The zero-order valence-electron chi connectivity index (χ0n) is 14.2. The molecule has 122 valence electrons. The van der Waals surface area contributed by atoms with Crippen molar-refractivity contribution in [2.24, 2.45) is 0 Å². The first kappa shape index (κ1) is 17.6.